The number of pyridine rings is 1. The minimum atomic E-state index is -4.52. The molecule has 3 rings (SSSR count). The summed E-state index contributed by atoms with van der Waals surface area (Å²) in [6.07, 6.45) is -2.42. The van der Waals surface area contributed by atoms with Gasteiger partial charge in [0.15, 0.2) is 0 Å². The van der Waals surface area contributed by atoms with Gasteiger partial charge in [0.1, 0.15) is 0 Å². The van der Waals surface area contributed by atoms with E-state index < -0.39 is 23.6 Å². The van der Waals surface area contributed by atoms with Crippen LogP contribution in [0.25, 0.3) is 0 Å². The Bertz CT molecular complexity index is 674. The molecule has 1 aromatic rings. The normalized spacial score (nSPS) is 22.2. The van der Waals surface area contributed by atoms with E-state index in [1.54, 1.807) is 4.90 Å². The van der Waals surface area contributed by atoms with Crippen molar-refractivity contribution in [3.8, 4) is 0 Å². The number of nitrogens with one attached hydrogen (secondary N) is 1. The van der Waals surface area contributed by atoms with E-state index in [4.69, 9.17) is 0 Å². The molecule has 0 aromatic carbocycles. The maximum atomic E-state index is 12.9. The van der Waals surface area contributed by atoms with E-state index in [-0.39, 0.29) is 30.5 Å². The van der Waals surface area contributed by atoms with Crippen molar-refractivity contribution >= 4 is 11.8 Å². The van der Waals surface area contributed by atoms with Gasteiger partial charge in [-0.3, -0.25) is 14.6 Å². The molecule has 0 spiro atoms. The maximum absolute atomic E-state index is 12.9. The fraction of sp³-hybridized carbons (Fsp3) is 0.562. The van der Waals surface area contributed by atoms with Gasteiger partial charge in [0.2, 0.25) is 11.8 Å². The van der Waals surface area contributed by atoms with Crippen molar-refractivity contribution < 1.29 is 22.8 Å². The lowest BCUT2D eigenvalue weighted by atomic mass is 10.1. The number of likely N-dealkylation sites (tertiary alicyclic amines) is 2. The van der Waals surface area contributed by atoms with E-state index in [1.807, 2.05) is 7.05 Å². The molecular weight excluding hydrogens is 337 g/mol. The fourth-order valence-corrected chi connectivity index (χ4v) is 3.28. The molecule has 0 aliphatic carbocycles. The third kappa shape index (κ3) is 3.76. The van der Waals surface area contributed by atoms with E-state index in [9.17, 15) is 22.8 Å². The van der Waals surface area contributed by atoms with Gasteiger partial charge in [-0.15, -0.1) is 0 Å². The van der Waals surface area contributed by atoms with Gasteiger partial charge in [-0.1, -0.05) is 0 Å². The molecule has 6 nitrogen and oxygen atoms in total. The van der Waals surface area contributed by atoms with Crippen LogP contribution in [-0.2, 0) is 22.3 Å². The Labute approximate surface area is 143 Å². The molecule has 136 valence electrons. The van der Waals surface area contributed by atoms with Gasteiger partial charge < -0.3 is 15.1 Å². The lowest BCUT2D eigenvalue weighted by Gasteiger charge is -2.42. The van der Waals surface area contributed by atoms with Crippen LogP contribution in [0.3, 0.4) is 0 Å². The van der Waals surface area contributed by atoms with Crippen LogP contribution >= 0.6 is 0 Å². The fourth-order valence-electron chi connectivity index (χ4n) is 3.28. The Kier molecular flexibility index (Phi) is 4.68. The number of carbonyl (C=O) groups is 2. The van der Waals surface area contributed by atoms with E-state index in [0.717, 1.165) is 19.3 Å². The maximum Gasteiger partial charge on any atom is 0.418 e. The van der Waals surface area contributed by atoms with Crippen LogP contribution in [-0.4, -0.2) is 59.3 Å². The first-order valence-corrected chi connectivity index (χ1v) is 8.01. The van der Waals surface area contributed by atoms with Crippen molar-refractivity contribution in [2.75, 3.05) is 26.7 Å². The molecule has 2 fully saturated rings. The van der Waals surface area contributed by atoms with E-state index in [1.165, 1.54) is 12.3 Å². The molecule has 2 saturated heterocycles. The summed E-state index contributed by atoms with van der Waals surface area (Å²) >= 11 is 0. The van der Waals surface area contributed by atoms with Gasteiger partial charge in [-0.05, 0) is 18.7 Å². The van der Waals surface area contributed by atoms with Gasteiger partial charge in [0.25, 0.3) is 0 Å². The molecule has 0 radical (unpaired) electrons. The Morgan fingerprint density at radius 3 is 2.72 bits per heavy atom. The number of alkyl halides is 3. The number of halogens is 3. The predicted octanol–water partition coefficient (Wildman–Crippen LogP) is 0.879. The highest BCUT2D eigenvalue weighted by Gasteiger charge is 2.41. The molecular formula is C16H19F3N4O2. The van der Waals surface area contributed by atoms with E-state index in [2.05, 4.69) is 15.2 Å². The van der Waals surface area contributed by atoms with Crippen LogP contribution in [0, 0.1) is 5.92 Å². The molecule has 1 aromatic heterocycles. The summed E-state index contributed by atoms with van der Waals surface area (Å²) in [5.74, 6) is -0.985. The number of likely N-dealkylation sites (N-methyl/N-ethyl adjacent to an activating group) is 1. The second-order valence-electron chi connectivity index (χ2n) is 6.57. The highest BCUT2D eigenvalue weighted by atomic mass is 19.4. The smallest absolute Gasteiger partial charge is 0.352 e. The SMILES string of the molecule is CN1CC(N2CC(C(=O)NCc3ccncc3C(F)(F)F)CC2=O)C1. The largest absolute Gasteiger partial charge is 0.418 e. The van der Waals surface area contributed by atoms with Crippen molar-refractivity contribution in [3.05, 3.63) is 29.6 Å². The lowest BCUT2D eigenvalue weighted by Crippen LogP contribution is -2.58. The van der Waals surface area contributed by atoms with Gasteiger partial charge in [-0.25, -0.2) is 0 Å². The molecule has 2 aliphatic heterocycles. The Hall–Kier alpha value is -2.16. The molecule has 1 unspecified atom stereocenters. The molecule has 0 bridgehead atoms. The van der Waals surface area contributed by atoms with Gasteiger partial charge in [0.05, 0.1) is 17.5 Å². The second kappa shape index (κ2) is 6.62. The topological polar surface area (TPSA) is 65.5 Å². The number of carbonyl (C=O) groups excluding carboxylic acids is 2. The van der Waals surface area contributed by atoms with Crippen molar-refractivity contribution in [1.82, 2.24) is 20.1 Å². The molecule has 2 amide bonds. The number of hydrogen-bond donors (Lipinski definition) is 1. The third-order valence-corrected chi connectivity index (χ3v) is 4.68. The minimum absolute atomic E-state index is 0.0438. The van der Waals surface area contributed by atoms with Gasteiger partial charge in [0, 0.05) is 45.0 Å². The minimum Gasteiger partial charge on any atom is -0.352 e. The predicted molar refractivity (Wildman–Crippen MR) is 82.2 cm³/mol. The van der Waals surface area contributed by atoms with Crippen LogP contribution in [0.15, 0.2) is 18.5 Å². The summed E-state index contributed by atoms with van der Waals surface area (Å²) in [6.45, 7) is 1.65. The number of nitrogens with zero attached hydrogens (tertiary/aromatic N) is 3. The number of aromatic nitrogens is 1. The zero-order valence-corrected chi connectivity index (χ0v) is 13.7. The van der Waals surface area contributed by atoms with Crippen molar-refractivity contribution in [3.63, 3.8) is 0 Å². The zero-order valence-electron chi connectivity index (χ0n) is 13.7. The van der Waals surface area contributed by atoms with Crippen molar-refractivity contribution in [1.29, 1.82) is 0 Å². The zero-order chi connectivity index (χ0) is 18.2. The van der Waals surface area contributed by atoms with E-state index in [0.29, 0.717) is 6.54 Å². The summed E-state index contributed by atoms with van der Waals surface area (Å²) in [5.41, 5.74) is -0.908. The highest BCUT2D eigenvalue weighted by molar-refractivity contribution is 5.89. The summed E-state index contributed by atoms with van der Waals surface area (Å²) in [6, 6.07) is 1.37. The third-order valence-electron chi connectivity index (χ3n) is 4.68. The Morgan fingerprint density at radius 1 is 1.36 bits per heavy atom. The van der Waals surface area contributed by atoms with Crippen LogP contribution in [0.5, 0.6) is 0 Å². The quantitative estimate of drug-likeness (QED) is 0.870. The first-order valence-electron chi connectivity index (χ1n) is 8.01. The van der Waals surface area contributed by atoms with Crippen LogP contribution in [0.1, 0.15) is 17.5 Å². The summed E-state index contributed by atoms with van der Waals surface area (Å²) in [5, 5.41) is 2.52. The van der Waals surface area contributed by atoms with Crippen LogP contribution in [0.2, 0.25) is 0 Å². The molecule has 3 heterocycles. The van der Waals surface area contributed by atoms with Crippen LogP contribution < -0.4 is 5.32 Å². The van der Waals surface area contributed by atoms with Crippen molar-refractivity contribution in [2.24, 2.45) is 5.92 Å². The van der Waals surface area contributed by atoms with E-state index >= 15 is 0 Å². The molecule has 25 heavy (non-hydrogen) atoms. The van der Waals surface area contributed by atoms with Crippen molar-refractivity contribution in [2.45, 2.75) is 25.2 Å². The number of amides is 2. The summed E-state index contributed by atoms with van der Waals surface area (Å²) < 4.78 is 38.8. The monoisotopic (exact) mass is 356 g/mol. The molecule has 9 heteroatoms. The first kappa shape index (κ1) is 17.7. The highest BCUT2D eigenvalue weighted by Crippen LogP contribution is 2.31. The van der Waals surface area contributed by atoms with Crippen LogP contribution in [0.4, 0.5) is 13.2 Å². The lowest BCUT2D eigenvalue weighted by molar-refractivity contribution is -0.138. The van der Waals surface area contributed by atoms with Gasteiger partial charge in [-0.2, -0.15) is 13.2 Å². The Morgan fingerprint density at radius 2 is 2.08 bits per heavy atom. The molecule has 0 saturated carbocycles. The molecule has 2 aliphatic rings. The first-order chi connectivity index (χ1) is 11.8. The summed E-state index contributed by atoms with van der Waals surface area (Å²) in [7, 11) is 1.95. The second-order valence-corrected chi connectivity index (χ2v) is 6.57. The standard InChI is InChI=1S/C16H19F3N4O2/c1-22-8-12(9-22)23-7-11(4-14(23)24)15(25)21-5-10-2-3-20-6-13(10)16(17,18)19/h2-3,6,11-12H,4-5,7-9H2,1H3,(H,21,25). The average Bonchev–Trinajstić information content (AvgIpc) is 2.90. The average molecular weight is 356 g/mol. The molecule has 1 N–H and O–H groups in total. The van der Waals surface area contributed by atoms with Gasteiger partial charge >= 0.3 is 6.18 Å². The molecule has 1 atom stereocenters. The summed E-state index contributed by atoms with van der Waals surface area (Å²) in [4.78, 5) is 31.6. The number of rotatable bonds is 4. The Balaban J connectivity index is 1.58. The number of hydrogen-bond acceptors (Lipinski definition) is 4.